The first-order valence-electron chi connectivity index (χ1n) is 10.3. The molecule has 0 aliphatic rings. The molecule has 0 aliphatic carbocycles. The number of thiazole rings is 1. The summed E-state index contributed by atoms with van der Waals surface area (Å²) in [5, 5.41) is 3.92. The summed E-state index contributed by atoms with van der Waals surface area (Å²) in [7, 11) is 1.31. The summed E-state index contributed by atoms with van der Waals surface area (Å²) in [4.78, 5) is 48.2. The molecule has 0 spiro atoms. The van der Waals surface area contributed by atoms with Crippen molar-refractivity contribution in [1.82, 2.24) is 14.5 Å². The third-order valence-corrected chi connectivity index (χ3v) is 6.81. The third-order valence-electron chi connectivity index (χ3n) is 4.74. The number of hydrogen-bond donors (Lipinski definition) is 1. The van der Waals surface area contributed by atoms with Gasteiger partial charge in [0.1, 0.15) is 4.70 Å². The lowest BCUT2D eigenvalue weighted by atomic mass is 10.2. The van der Waals surface area contributed by atoms with Crippen molar-refractivity contribution in [2.24, 2.45) is 0 Å². The standard InChI is InChI=1S/C22H25N5O4S2/c1-5-12-27-19(29)17-18(24-21(33-17)26(6-2)7-3)25-22(27)32-13-16(28)23-15-10-8-14(9-11-15)20(30)31-4/h5,8-11H,1,6-7,12-13H2,2-4H3,(H,23,28). The maximum Gasteiger partial charge on any atom is 0.337 e. The van der Waals surface area contributed by atoms with E-state index in [0.717, 1.165) is 30.0 Å². The number of aromatic nitrogens is 3. The maximum atomic E-state index is 13.1. The number of anilines is 2. The fourth-order valence-corrected chi connectivity index (χ4v) is 4.92. The quantitative estimate of drug-likeness (QED) is 0.201. The van der Waals surface area contributed by atoms with Crippen molar-refractivity contribution in [2.75, 3.05) is 36.2 Å². The number of nitrogens with one attached hydrogen (secondary N) is 1. The predicted octanol–water partition coefficient (Wildman–Crippen LogP) is 3.40. The summed E-state index contributed by atoms with van der Waals surface area (Å²) in [5.41, 5.74) is 1.12. The average Bonchev–Trinajstić information content (AvgIpc) is 3.24. The first-order valence-corrected chi connectivity index (χ1v) is 12.1. The molecular formula is C22H25N5O4S2. The van der Waals surface area contributed by atoms with Crippen LogP contribution in [0.3, 0.4) is 0 Å². The second kappa shape index (κ2) is 11.1. The van der Waals surface area contributed by atoms with E-state index in [4.69, 9.17) is 0 Å². The lowest BCUT2D eigenvalue weighted by Gasteiger charge is -2.15. The second-order valence-corrected chi connectivity index (χ2v) is 8.75. The number of thioether (sulfide) groups is 1. The molecule has 0 aliphatic heterocycles. The van der Waals surface area contributed by atoms with Crippen LogP contribution in [0.5, 0.6) is 0 Å². The van der Waals surface area contributed by atoms with E-state index in [1.54, 1.807) is 30.3 Å². The molecular weight excluding hydrogens is 462 g/mol. The van der Waals surface area contributed by atoms with Crippen LogP contribution >= 0.6 is 23.1 Å². The molecule has 3 rings (SSSR count). The van der Waals surface area contributed by atoms with E-state index in [0.29, 0.717) is 26.8 Å². The van der Waals surface area contributed by atoms with Crippen LogP contribution in [0.15, 0.2) is 46.9 Å². The van der Waals surface area contributed by atoms with E-state index >= 15 is 0 Å². The van der Waals surface area contributed by atoms with Gasteiger partial charge in [-0.3, -0.25) is 14.2 Å². The molecule has 174 valence electrons. The Morgan fingerprint density at radius 2 is 1.94 bits per heavy atom. The average molecular weight is 488 g/mol. The lowest BCUT2D eigenvalue weighted by molar-refractivity contribution is -0.113. The number of methoxy groups -OCH3 is 1. The lowest BCUT2D eigenvalue weighted by Crippen LogP contribution is -2.23. The van der Waals surface area contributed by atoms with Gasteiger partial charge in [-0.05, 0) is 38.1 Å². The molecule has 11 heteroatoms. The highest BCUT2D eigenvalue weighted by molar-refractivity contribution is 7.99. The molecule has 0 bridgehead atoms. The van der Waals surface area contributed by atoms with Gasteiger partial charge in [-0.15, -0.1) is 6.58 Å². The number of rotatable bonds is 10. The zero-order valence-corrected chi connectivity index (χ0v) is 20.3. The summed E-state index contributed by atoms with van der Waals surface area (Å²) in [6.45, 7) is 9.62. The molecule has 2 aromatic heterocycles. The molecule has 0 saturated heterocycles. The Balaban J connectivity index is 1.78. The number of esters is 1. The van der Waals surface area contributed by atoms with Crippen LogP contribution in [0.4, 0.5) is 10.8 Å². The largest absolute Gasteiger partial charge is 0.465 e. The molecule has 3 aromatic rings. The van der Waals surface area contributed by atoms with Gasteiger partial charge < -0.3 is 15.0 Å². The fraction of sp³-hybridized carbons (Fsp3) is 0.318. The molecule has 0 saturated carbocycles. The fourth-order valence-electron chi connectivity index (χ4n) is 3.04. The van der Waals surface area contributed by atoms with E-state index < -0.39 is 5.97 Å². The molecule has 0 fully saturated rings. The zero-order valence-electron chi connectivity index (χ0n) is 18.7. The Morgan fingerprint density at radius 3 is 2.55 bits per heavy atom. The molecule has 0 atom stereocenters. The van der Waals surface area contributed by atoms with Crippen molar-refractivity contribution in [2.45, 2.75) is 25.5 Å². The normalized spacial score (nSPS) is 10.8. The Bertz CT molecular complexity index is 1220. The van der Waals surface area contributed by atoms with Crippen molar-refractivity contribution in [3.8, 4) is 0 Å². The van der Waals surface area contributed by atoms with Gasteiger partial charge in [0, 0.05) is 25.3 Å². The summed E-state index contributed by atoms with van der Waals surface area (Å²) >= 11 is 2.48. The molecule has 1 aromatic carbocycles. The first kappa shape index (κ1) is 24.5. The van der Waals surface area contributed by atoms with Crippen LogP contribution < -0.4 is 15.8 Å². The van der Waals surface area contributed by atoms with Gasteiger partial charge in [0.05, 0.1) is 18.4 Å². The molecule has 33 heavy (non-hydrogen) atoms. The second-order valence-electron chi connectivity index (χ2n) is 6.83. The van der Waals surface area contributed by atoms with Crippen molar-refractivity contribution < 1.29 is 14.3 Å². The van der Waals surface area contributed by atoms with E-state index in [2.05, 4.69) is 31.5 Å². The van der Waals surface area contributed by atoms with E-state index in [9.17, 15) is 14.4 Å². The van der Waals surface area contributed by atoms with Crippen LogP contribution in [0.1, 0.15) is 24.2 Å². The van der Waals surface area contributed by atoms with Crippen molar-refractivity contribution in [3.05, 3.63) is 52.8 Å². The Labute approximate surface area is 199 Å². The number of nitrogens with zero attached hydrogens (tertiary/aromatic N) is 4. The number of carbonyl (C=O) groups excluding carboxylic acids is 2. The Morgan fingerprint density at radius 1 is 1.24 bits per heavy atom. The van der Waals surface area contributed by atoms with Crippen molar-refractivity contribution in [1.29, 1.82) is 0 Å². The van der Waals surface area contributed by atoms with E-state index in [1.165, 1.54) is 23.0 Å². The van der Waals surface area contributed by atoms with Crippen LogP contribution in [0.25, 0.3) is 10.3 Å². The molecule has 0 unspecified atom stereocenters. The smallest absolute Gasteiger partial charge is 0.337 e. The van der Waals surface area contributed by atoms with Crippen molar-refractivity contribution in [3.63, 3.8) is 0 Å². The minimum atomic E-state index is -0.448. The highest BCUT2D eigenvalue weighted by Crippen LogP contribution is 2.27. The number of allylic oxidation sites excluding steroid dienone is 1. The maximum absolute atomic E-state index is 13.1. The number of fused-ring (bicyclic) bond motifs is 1. The van der Waals surface area contributed by atoms with Crippen LogP contribution in [0.2, 0.25) is 0 Å². The highest BCUT2D eigenvalue weighted by Gasteiger charge is 2.18. The summed E-state index contributed by atoms with van der Waals surface area (Å²) < 4.78 is 6.65. The molecule has 1 N–H and O–H groups in total. The topological polar surface area (TPSA) is 106 Å². The van der Waals surface area contributed by atoms with E-state index in [-0.39, 0.29) is 23.8 Å². The summed E-state index contributed by atoms with van der Waals surface area (Å²) in [6, 6.07) is 6.39. The molecule has 0 radical (unpaired) electrons. The van der Waals surface area contributed by atoms with E-state index in [1.807, 2.05) is 13.8 Å². The highest BCUT2D eigenvalue weighted by atomic mass is 32.2. The van der Waals surface area contributed by atoms with Gasteiger partial charge in [0.25, 0.3) is 5.56 Å². The van der Waals surface area contributed by atoms with Crippen LogP contribution in [-0.2, 0) is 16.1 Å². The van der Waals surface area contributed by atoms with Gasteiger partial charge in [0.2, 0.25) is 5.91 Å². The van der Waals surface area contributed by atoms with Gasteiger partial charge in [0.15, 0.2) is 15.9 Å². The molecule has 1 amide bonds. The van der Waals surface area contributed by atoms with Gasteiger partial charge >= 0.3 is 5.97 Å². The monoisotopic (exact) mass is 487 g/mol. The number of benzene rings is 1. The predicted molar refractivity (Wildman–Crippen MR) is 133 cm³/mol. The van der Waals surface area contributed by atoms with Gasteiger partial charge in [-0.2, -0.15) is 4.98 Å². The van der Waals surface area contributed by atoms with Crippen LogP contribution in [-0.4, -0.2) is 52.4 Å². The minimum Gasteiger partial charge on any atom is -0.465 e. The number of hydrogen-bond acceptors (Lipinski definition) is 9. The Kier molecular flexibility index (Phi) is 8.23. The summed E-state index contributed by atoms with van der Waals surface area (Å²) in [5.74, 6) is -0.676. The summed E-state index contributed by atoms with van der Waals surface area (Å²) in [6.07, 6.45) is 1.62. The molecule has 9 nitrogen and oxygen atoms in total. The van der Waals surface area contributed by atoms with Crippen molar-refractivity contribution >= 4 is 56.1 Å². The Hall–Kier alpha value is -3.18. The first-order chi connectivity index (χ1) is 15.9. The van der Waals surface area contributed by atoms with Gasteiger partial charge in [-0.1, -0.05) is 29.2 Å². The number of amides is 1. The minimum absolute atomic E-state index is 0.0425. The third kappa shape index (κ3) is 5.60. The SMILES string of the molecule is C=CCn1c(SCC(=O)Nc2ccc(C(=O)OC)cc2)nc2nc(N(CC)CC)sc2c1=O. The number of carbonyl (C=O) groups is 2. The van der Waals surface area contributed by atoms with Gasteiger partial charge in [-0.25, -0.2) is 9.78 Å². The molecule has 2 heterocycles. The number of ether oxygens (including phenoxy) is 1. The van der Waals surface area contributed by atoms with Crippen LogP contribution in [0, 0.1) is 0 Å². The zero-order chi connectivity index (χ0) is 24.0.